The van der Waals surface area contributed by atoms with Crippen molar-refractivity contribution in [2.75, 3.05) is 13.2 Å². The third-order valence-corrected chi connectivity index (χ3v) is 2.78. The summed E-state index contributed by atoms with van der Waals surface area (Å²) in [6, 6.07) is 3.73. The van der Waals surface area contributed by atoms with Gasteiger partial charge in [-0.2, -0.15) is 0 Å². The highest BCUT2D eigenvalue weighted by molar-refractivity contribution is 5.98. The number of aromatic amines is 1. The number of aromatic nitrogens is 3. The van der Waals surface area contributed by atoms with Gasteiger partial charge in [0.1, 0.15) is 0 Å². The smallest absolute Gasteiger partial charge is 0.209 e. The molecule has 78 valence electrons. The van der Waals surface area contributed by atoms with Gasteiger partial charge in [-0.1, -0.05) is 0 Å². The molecule has 1 aliphatic heterocycles. The molecule has 0 spiro atoms. The molecule has 1 aliphatic rings. The van der Waals surface area contributed by atoms with E-state index in [1.807, 2.05) is 25.3 Å². The maximum absolute atomic E-state index is 12.0. The average molecular weight is 205 g/mol. The summed E-state index contributed by atoms with van der Waals surface area (Å²) in [4.78, 5) is 16.3. The second-order valence-electron chi connectivity index (χ2n) is 4.19. The van der Waals surface area contributed by atoms with E-state index in [1.165, 1.54) is 0 Å². The number of nitrogens with one attached hydrogen (secondary N) is 1. The number of nitrogens with zero attached hydrogens (tertiary/aromatic N) is 2. The van der Waals surface area contributed by atoms with Gasteiger partial charge in [0.2, 0.25) is 5.78 Å². The first kappa shape index (κ1) is 8.67. The first-order chi connectivity index (χ1) is 7.19. The number of carbonyl (C=O) groups excluding carboxylic acids is 1. The zero-order chi connectivity index (χ0) is 10.5. The van der Waals surface area contributed by atoms with Crippen LogP contribution in [-0.4, -0.2) is 33.6 Å². The van der Waals surface area contributed by atoms with E-state index < -0.39 is 5.41 Å². The summed E-state index contributed by atoms with van der Waals surface area (Å²) in [6.07, 6.45) is 1.83. The van der Waals surface area contributed by atoms with Crippen molar-refractivity contribution >= 4 is 11.4 Å². The molecule has 0 aliphatic carbocycles. The summed E-state index contributed by atoms with van der Waals surface area (Å²) in [5.74, 6) is 0.439. The van der Waals surface area contributed by atoms with E-state index in [-0.39, 0.29) is 5.78 Å². The van der Waals surface area contributed by atoms with E-state index in [4.69, 9.17) is 4.74 Å². The quantitative estimate of drug-likeness (QED) is 0.740. The van der Waals surface area contributed by atoms with Gasteiger partial charge in [0.05, 0.1) is 18.6 Å². The van der Waals surface area contributed by atoms with Crippen LogP contribution in [0.1, 0.15) is 17.5 Å². The fourth-order valence-corrected chi connectivity index (χ4v) is 1.74. The molecule has 0 aromatic carbocycles. The largest absolute Gasteiger partial charge is 0.379 e. The van der Waals surface area contributed by atoms with Gasteiger partial charge in [-0.25, -0.2) is 9.50 Å². The lowest BCUT2D eigenvalue weighted by Gasteiger charge is -2.35. The number of ether oxygens (including phenoxy) is 1. The molecule has 2 aromatic heterocycles. The molecule has 0 bridgehead atoms. The Kier molecular flexibility index (Phi) is 1.56. The Morgan fingerprint density at radius 1 is 1.67 bits per heavy atom. The number of H-pyrrole nitrogens is 1. The van der Waals surface area contributed by atoms with Crippen LogP contribution in [0.2, 0.25) is 0 Å². The summed E-state index contributed by atoms with van der Waals surface area (Å²) >= 11 is 0. The third-order valence-electron chi connectivity index (χ3n) is 2.78. The van der Waals surface area contributed by atoms with Crippen LogP contribution in [0, 0.1) is 5.41 Å². The van der Waals surface area contributed by atoms with Crippen LogP contribution in [0.25, 0.3) is 5.65 Å². The molecule has 0 amide bonds. The average Bonchev–Trinajstić information content (AvgIpc) is 2.71. The number of ketones is 1. The fourth-order valence-electron chi connectivity index (χ4n) is 1.74. The molecule has 1 fully saturated rings. The van der Waals surface area contributed by atoms with Gasteiger partial charge in [-0.3, -0.25) is 9.89 Å². The molecule has 15 heavy (non-hydrogen) atoms. The zero-order valence-corrected chi connectivity index (χ0v) is 8.36. The standard InChI is InChI=1S/C10H11N3O2/c1-10(5-15-6-10)8(14)9-11-7-3-2-4-13(7)12-9/h2-4H,5-6H2,1H3,(H,11,12). The number of carbonyl (C=O) groups is 1. The van der Waals surface area contributed by atoms with Crippen LogP contribution in [0.3, 0.4) is 0 Å². The molecule has 2 aromatic rings. The molecule has 0 atom stereocenters. The van der Waals surface area contributed by atoms with E-state index in [2.05, 4.69) is 10.1 Å². The highest BCUT2D eigenvalue weighted by Crippen LogP contribution is 2.29. The molecule has 5 heteroatoms. The highest BCUT2D eigenvalue weighted by Gasteiger charge is 2.42. The third kappa shape index (κ3) is 1.13. The second kappa shape index (κ2) is 2.70. The maximum Gasteiger partial charge on any atom is 0.209 e. The minimum Gasteiger partial charge on any atom is -0.379 e. The van der Waals surface area contributed by atoms with Gasteiger partial charge in [0.15, 0.2) is 11.5 Å². The Balaban J connectivity index is 2.00. The van der Waals surface area contributed by atoms with Crippen molar-refractivity contribution in [1.29, 1.82) is 0 Å². The van der Waals surface area contributed by atoms with E-state index in [0.717, 1.165) is 5.65 Å². The van der Waals surface area contributed by atoms with Crippen LogP contribution >= 0.6 is 0 Å². The Morgan fingerprint density at radius 3 is 3.07 bits per heavy atom. The predicted molar refractivity (Wildman–Crippen MR) is 52.8 cm³/mol. The van der Waals surface area contributed by atoms with Gasteiger partial charge in [0, 0.05) is 6.20 Å². The number of fused-ring (bicyclic) bond motifs is 1. The number of hydrogen-bond acceptors (Lipinski definition) is 3. The van der Waals surface area contributed by atoms with Crippen LogP contribution in [0.5, 0.6) is 0 Å². The van der Waals surface area contributed by atoms with Crippen molar-refractivity contribution in [1.82, 2.24) is 14.6 Å². The zero-order valence-electron chi connectivity index (χ0n) is 8.36. The predicted octanol–water partition coefficient (Wildman–Crippen LogP) is 0.882. The molecule has 1 N–H and O–H groups in total. The number of hydrogen-bond donors (Lipinski definition) is 1. The summed E-state index contributed by atoms with van der Waals surface area (Å²) in [6.45, 7) is 2.87. The summed E-state index contributed by atoms with van der Waals surface area (Å²) < 4.78 is 6.80. The van der Waals surface area contributed by atoms with Gasteiger partial charge in [-0.15, -0.1) is 0 Å². The summed E-state index contributed by atoms with van der Waals surface area (Å²) in [5.41, 5.74) is 0.373. The molecule has 1 saturated heterocycles. The molecule has 0 unspecified atom stereocenters. The first-order valence-corrected chi connectivity index (χ1v) is 4.85. The molecule has 0 saturated carbocycles. The van der Waals surface area contributed by atoms with E-state index in [1.54, 1.807) is 4.52 Å². The summed E-state index contributed by atoms with van der Waals surface area (Å²) in [5, 5.41) is 2.95. The molecule has 0 radical (unpaired) electrons. The van der Waals surface area contributed by atoms with Crippen LogP contribution in [0.4, 0.5) is 0 Å². The lowest BCUT2D eigenvalue weighted by molar-refractivity contribution is -0.0772. The molecule has 5 nitrogen and oxygen atoms in total. The minimum absolute atomic E-state index is 0.0254. The van der Waals surface area contributed by atoms with Crippen LogP contribution < -0.4 is 0 Å². The van der Waals surface area contributed by atoms with Gasteiger partial charge >= 0.3 is 0 Å². The van der Waals surface area contributed by atoms with Crippen molar-refractivity contribution in [2.24, 2.45) is 5.41 Å². The first-order valence-electron chi connectivity index (χ1n) is 4.85. The lowest BCUT2D eigenvalue weighted by atomic mass is 9.83. The topological polar surface area (TPSA) is 59.4 Å². The van der Waals surface area contributed by atoms with Crippen molar-refractivity contribution in [3.05, 3.63) is 24.2 Å². The Morgan fingerprint density at radius 2 is 2.47 bits per heavy atom. The Bertz CT molecular complexity index is 493. The highest BCUT2D eigenvalue weighted by atomic mass is 16.5. The lowest BCUT2D eigenvalue weighted by Crippen LogP contribution is -2.46. The van der Waals surface area contributed by atoms with Crippen molar-refractivity contribution in [3.63, 3.8) is 0 Å². The van der Waals surface area contributed by atoms with Crippen LogP contribution in [0.15, 0.2) is 18.3 Å². The van der Waals surface area contributed by atoms with Gasteiger partial charge in [0.25, 0.3) is 0 Å². The molecule has 3 heterocycles. The monoisotopic (exact) mass is 205 g/mol. The van der Waals surface area contributed by atoms with Gasteiger partial charge in [-0.05, 0) is 19.1 Å². The maximum atomic E-state index is 12.0. The molecular weight excluding hydrogens is 194 g/mol. The minimum atomic E-state index is -0.393. The number of rotatable bonds is 2. The van der Waals surface area contributed by atoms with E-state index in [0.29, 0.717) is 19.0 Å². The fraction of sp³-hybridized carbons (Fsp3) is 0.400. The van der Waals surface area contributed by atoms with Crippen LogP contribution in [-0.2, 0) is 4.74 Å². The second-order valence-corrected chi connectivity index (χ2v) is 4.19. The van der Waals surface area contributed by atoms with E-state index >= 15 is 0 Å². The Labute approximate surface area is 86.0 Å². The van der Waals surface area contributed by atoms with Crippen molar-refractivity contribution in [2.45, 2.75) is 6.92 Å². The van der Waals surface area contributed by atoms with Gasteiger partial charge < -0.3 is 4.74 Å². The van der Waals surface area contributed by atoms with Crippen molar-refractivity contribution < 1.29 is 9.53 Å². The summed E-state index contributed by atoms with van der Waals surface area (Å²) in [7, 11) is 0. The number of Topliss-reactive ketones (excluding diaryl/α,β-unsaturated/α-hetero) is 1. The normalized spacial score (nSPS) is 19.0. The SMILES string of the molecule is CC1(C(=O)c2nc3cccn3[nH]2)COC1. The molecular formula is C10H11N3O2. The van der Waals surface area contributed by atoms with Crippen molar-refractivity contribution in [3.8, 4) is 0 Å². The Hall–Kier alpha value is -1.62. The van der Waals surface area contributed by atoms with E-state index in [9.17, 15) is 4.79 Å². The molecule has 3 rings (SSSR count).